The van der Waals surface area contributed by atoms with Gasteiger partial charge in [0.2, 0.25) is 0 Å². The fourth-order valence-electron chi connectivity index (χ4n) is 0.820. The zero-order chi connectivity index (χ0) is 7.14. The minimum Gasteiger partial charge on any atom is -0.432 e. The number of rotatable bonds is 0. The first kappa shape index (κ1) is 5.16. The van der Waals surface area contributed by atoms with Crippen molar-refractivity contribution in [2.45, 2.75) is 0 Å². The molecule has 0 fully saturated rings. The van der Waals surface area contributed by atoms with Crippen LogP contribution in [0, 0.1) is 0 Å². The number of nitrogens with zero attached hydrogens (tertiary/aromatic N) is 2. The number of oxazole rings is 1. The highest BCUT2D eigenvalue weighted by molar-refractivity contribution is 5.59. The lowest BCUT2D eigenvalue weighted by Gasteiger charge is -1.85. The van der Waals surface area contributed by atoms with Crippen molar-refractivity contribution < 1.29 is 4.42 Å². The van der Waals surface area contributed by atoms with Crippen LogP contribution in [0.5, 0.6) is 0 Å². The lowest BCUT2D eigenvalue weighted by atomic mass is 10.7. The van der Waals surface area contributed by atoms with E-state index in [1.165, 1.54) is 6.26 Å². The monoisotopic (exact) mass is 138 g/mol. The van der Waals surface area contributed by atoms with Crippen molar-refractivity contribution in [1.29, 1.82) is 0 Å². The topological polar surface area (TPSA) is 82.5 Å². The maximum absolute atomic E-state index is 5.50. The third-order valence-electron chi connectivity index (χ3n) is 1.33. The summed E-state index contributed by atoms with van der Waals surface area (Å²) < 4.78 is 6.49. The van der Waals surface area contributed by atoms with Crippen molar-refractivity contribution in [3.8, 4) is 0 Å². The Labute approximate surface area is 56.2 Å². The summed E-state index contributed by atoms with van der Waals surface area (Å²) in [6.45, 7) is 0. The van der Waals surface area contributed by atoms with Gasteiger partial charge >= 0.3 is 5.84 Å². The van der Waals surface area contributed by atoms with Crippen LogP contribution >= 0.6 is 0 Å². The highest BCUT2D eigenvalue weighted by Gasteiger charge is 2.06. The largest absolute Gasteiger partial charge is 0.432 e. The van der Waals surface area contributed by atoms with Crippen LogP contribution in [0.3, 0.4) is 0 Å². The lowest BCUT2D eigenvalue weighted by Crippen LogP contribution is -1.94. The molecule has 2 aromatic heterocycles. The number of nitrogens with two attached hydrogens (primary N) is 2. The summed E-state index contributed by atoms with van der Waals surface area (Å²) in [4.78, 5) is 3.82. The summed E-state index contributed by atoms with van der Waals surface area (Å²) in [6.07, 6.45) is 3.16. The van der Waals surface area contributed by atoms with E-state index < -0.39 is 0 Å². The Morgan fingerprint density at radius 2 is 2.30 bits per heavy atom. The second-order valence-electron chi connectivity index (χ2n) is 1.94. The number of hydrogen-bond acceptors (Lipinski definition) is 4. The normalized spacial score (nSPS) is 10.8. The van der Waals surface area contributed by atoms with E-state index in [0.717, 1.165) is 0 Å². The fourth-order valence-corrected chi connectivity index (χ4v) is 0.820. The number of imidazole rings is 1. The van der Waals surface area contributed by atoms with Crippen molar-refractivity contribution in [2.75, 3.05) is 11.5 Å². The first-order valence-corrected chi connectivity index (χ1v) is 2.75. The van der Waals surface area contributed by atoms with E-state index in [4.69, 9.17) is 15.9 Å². The van der Waals surface area contributed by atoms with Gasteiger partial charge in [0.15, 0.2) is 11.6 Å². The van der Waals surface area contributed by atoms with Crippen molar-refractivity contribution in [3.63, 3.8) is 0 Å². The van der Waals surface area contributed by atoms with E-state index in [2.05, 4.69) is 4.98 Å². The Morgan fingerprint density at radius 1 is 1.50 bits per heavy atom. The average Bonchev–Trinajstić information content (AvgIpc) is 2.41. The molecule has 2 aromatic rings. The predicted molar refractivity (Wildman–Crippen MR) is 36.3 cm³/mol. The molecule has 0 radical (unpaired) electrons. The van der Waals surface area contributed by atoms with Gasteiger partial charge in [0, 0.05) is 0 Å². The molecule has 2 rings (SSSR count). The zero-order valence-electron chi connectivity index (χ0n) is 5.11. The van der Waals surface area contributed by atoms with Gasteiger partial charge < -0.3 is 15.9 Å². The van der Waals surface area contributed by atoms with E-state index in [0.29, 0.717) is 17.5 Å². The molecule has 0 aromatic carbocycles. The van der Waals surface area contributed by atoms with Gasteiger partial charge in [-0.2, -0.15) is 4.98 Å². The third kappa shape index (κ3) is 0.439. The van der Waals surface area contributed by atoms with Crippen molar-refractivity contribution in [3.05, 3.63) is 12.5 Å². The molecular formula is C5H6N4O. The van der Waals surface area contributed by atoms with Crippen LogP contribution < -0.4 is 11.5 Å². The smallest absolute Gasteiger partial charge is 0.309 e. The summed E-state index contributed by atoms with van der Waals surface area (Å²) in [5.41, 5.74) is 10.9. The first-order valence-electron chi connectivity index (χ1n) is 2.75. The summed E-state index contributed by atoms with van der Waals surface area (Å²) in [6, 6.07) is 0. The molecule has 0 unspecified atom stereocenters. The van der Waals surface area contributed by atoms with Gasteiger partial charge in [0.05, 0.1) is 6.20 Å². The molecular weight excluding hydrogens is 132 g/mol. The highest BCUT2D eigenvalue weighted by Crippen LogP contribution is 2.15. The van der Waals surface area contributed by atoms with Gasteiger partial charge in [-0.3, -0.25) is 4.40 Å². The van der Waals surface area contributed by atoms with Gasteiger partial charge in [0.25, 0.3) is 0 Å². The SMILES string of the molecule is Nc1nc2occn2c1N. The van der Waals surface area contributed by atoms with Crippen LogP contribution in [0.25, 0.3) is 5.84 Å². The fraction of sp³-hybridized carbons (Fsp3) is 0. The average molecular weight is 138 g/mol. The molecule has 0 aliphatic rings. The summed E-state index contributed by atoms with van der Waals surface area (Å²) >= 11 is 0. The van der Waals surface area contributed by atoms with E-state index in [-0.39, 0.29) is 0 Å². The Hall–Kier alpha value is -1.65. The van der Waals surface area contributed by atoms with Gasteiger partial charge in [-0.15, -0.1) is 0 Å². The van der Waals surface area contributed by atoms with Crippen LogP contribution in [0.2, 0.25) is 0 Å². The minimum atomic E-state index is 0.305. The highest BCUT2D eigenvalue weighted by atomic mass is 16.3. The summed E-state index contributed by atoms with van der Waals surface area (Å²) in [5.74, 6) is 1.15. The molecule has 2 heterocycles. The predicted octanol–water partition coefficient (Wildman–Crippen LogP) is 0.0917. The number of anilines is 2. The van der Waals surface area contributed by atoms with Crippen molar-refractivity contribution in [2.24, 2.45) is 0 Å². The molecule has 0 aliphatic heterocycles. The molecule has 0 saturated carbocycles. The molecule has 4 N–H and O–H groups in total. The maximum Gasteiger partial charge on any atom is 0.309 e. The molecule has 5 nitrogen and oxygen atoms in total. The number of aromatic nitrogens is 2. The molecule has 0 saturated heterocycles. The molecule has 0 bridgehead atoms. The Balaban J connectivity index is 2.95. The van der Waals surface area contributed by atoms with Crippen LogP contribution in [0.1, 0.15) is 0 Å². The van der Waals surface area contributed by atoms with Crippen LogP contribution in [0.4, 0.5) is 11.6 Å². The Morgan fingerprint density at radius 3 is 3.00 bits per heavy atom. The lowest BCUT2D eigenvalue weighted by molar-refractivity contribution is 0.596. The molecule has 5 heteroatoms. The molecule has 10 heavy (non-hydrogen) atoms. The Bertz CT molecular complexity index is 360. The summed E-state index contributed by atoms with van der Waals surface area (Å²) in [7, 11) is 0. The molecule has 0 amide bonds. The summed E-state index contributed by atoms with van der Waals surface area (Å²) in [5, 5.41) is 0. The van der Waals surface area contributed by atoms with Crippen LogP contribution in [-0.2, 0) is 0 Å². The van der Waals surface area contributed by atoms with Crippen molar-refractivity contribution >= 4 is 17.5 Å². The van der Waals surface area contributed by atoms with Gasteiger partial charge in [-0.1, -0.05) is 0 Å². The number of hydrogen-bond donors (Lipinski definition) is 2. The molecule has 52 valence electrons. The van der Waals surface area contributed by atoms with E-state index in [1.54, 1.807) is 10.6 Å². The zero-order valence-corrected chi connectivity index (χ0v) is 5.11. The van der Waals surface area contributed by atoms with E-state index in [9.17, 15) is 0 Å². The molecule has 0 atom stereocenters. The quantitative estimate of drug-likeness (QED) is 0.540. The molecule has 0 aliphatic carbocycles. The second-order valence-corrected chi connectivity index (χ2v) is 1.94. The number of fused-ring (bicyclic) bond motifs is 1. The van der Waals surface area contributed by atoms with E-state index >= 15 is 0 Å². The van der Waals surface area contributed by atoms with Crippen LogP contribution in [0.15, 0.2) is 16.9 Å². The maximum atomic E-state index is 5.50. The first-order chi connectivity index (χ1) is 4.79. The third-order valence-corrected chi connectivity index (χ3v) is 1.33. The number of nitrogen functional groups attached to an aromatic ring is 2. The van der Waals surface area contributed by atoms with Crippen molar-refractivity contribution in [1.82, 2.24) is 9.38 Å². The van der Waals surface area contributed by atoms with Gasteiger partial charge in [-0.05, 0) is 0 Å². The van der Waals surface area contributed by atoms with E-state index in [1.807, 2.05) is 0 Å². The van der Waals surface area contributed by atoms with Crippen LogP contribution in [-0.4, -0.2) is 9.38 Å². The second kappa shape index (κ2) is 1.44. The standard InChI is InChI=1S/C5H6N4O/c6-3-4(7)9-1-2-10-5(9)8-3/h1-2H,6-7H2. The molecule has 0 spiro atoms. The minimum absolute atomic E-state index is 0.305. The Kier molecular flexibility index (Phi) is 0.743. The van der Waals surface area contributed by atoms with Gasteiger partial charge in [-0.25, -0.2) is 0 Å². The van der Waals surface area contributed by atoms with Gasteiger partial charge in [0.1, 0.15) is 6.26 Å².